The Bertz CT molecular complexity index is 169. The summed E-state index contributed by atoms with van der Waals surface area (Å²) < 4.78 is 0. The zero-order valence-corrected chi connectivity index (χ0v) is 6.25. The molecule has 0 bridgehead atoms. The highest BCUT2D eigenvalue weighted by atomic mass is 14.7. The van der Waals surface area contributed by atoms with E-state index in [9.17, 15) is 0 Å². The number of aryl methyl sites for hydroxylation is 1. The van der Waals surface area contributed by atoms with Crippen LogP contribution >= 0.6 is 0 Å². The Hall–Kier alpha value is -0.850. The van der Waals surface area contributed by atoms with Crippen molar-refractivity contribution in [2.75, 3.05) is 0 Å². The lowest BCUT2D eigenvalue weighted by Gasteiger charge is -1.95. The maximum absolute atomic E-state index is 4.20. The van der Waals surface area contributed by atoms with Crippen LogP contribution in [0.3, 0.4) is 0 Å². The van der Waals surface area contributed by atoms with Gasteiger partial charge < -0.3 is 0 Å². The van der Waals surface area contributed by atoms with Crippen LogP contribution in [0, 0.1) is 6.42 Å². The number of pyridine rings is 1. The van der Waals surface area contributed by atoms with Crippen molar-refractivity contribution >= 4 is 0 Å². The summed E-state index contributed by atoms with van der Waals surface area (Å²) in [6.07, 6.45) is 6.19. The third-order valence-corrected chi connectivity index (χ3v) is 1.42. The molecule has 0 N–H and O–H groups in total. The minimum Gasteiger partial charge on any atom is -0.261 e. The lowest BCUT2D eigenvalue weighted by molar-refractivity contribution is 0.896. The van der Waals surface area contributed by atoms with Gasteiger partial charge in [0.05, 0.1) is 0 Å². The number of unbranched alkanes of at least 4 members (excludes halogenated alkanes) is 1. The third-order valence-electron chi connectivity index (χ3n) is 1.42. The Morgan fingerprint density at radius 1 is 1.50 bits per heavy atom. The molecule has 1 aromatic rings. The molecule has 0 atom stereocenters. The van der Waals surface area contributed by atoms with Gasteiger partial charge in [-0.05, 0) is 31.4 Å². The van der Waals surface area contributed by atoms with Crippen LogP contribution in [0.2, 0.25) is 0 Å². The van der Waals surface area contributed by atoms with Gasteiger partial charge in [-0.3, -0.25) is 4.98 Å². The standard InChI is InChI=1S/C9H12N/c1-2-3-6-9-7-4-5-8-10-9/h2,4-5,7-8H,3,6H2,1H3. The van der Waals surface area contributed by atoms with Crippen molar-refractivity contribution in [2.45, 2.75) is 19.8 Å². The van der Waals surface area contributed by atoms with E-state index in [0.29, 0.717) is 0 Å². The van der Waals surface area contributed by atoms with E-state index < -0.39 is 0 Å². The van der Waals surface area contributed by atoms with E-state index in [1.165, 1.54) is 5.69 Å². The second-order valence-corrected chi connectivity index (χ2v) is 2.27. The number of rotatable bonds is 3. The van der Waals surface area contributed by atoms with Crippen LogP contribution in [0.1, 0.15) is 19.0 Å². The first-order chi connectivity index (χ1) is 4.93. The number of hydrogen-bond acceptors (Lipinski definition) is 1. The van der Waals surface area contributed by atoms with Crippen LogP contribution in [0.25, 0.3) is 0 Å². The summed E-state index contributed by atoms with van der Waals surface area (Å²) in [4.78, 5) is 4.20. The molecule has 1 heterocycles. The Morgan fingerprint density at radius 3 is 3.00 bits per heavy atom. The van der Waals surface area contributed by atoms with E-state index in [2.05, 4.69) is 24.4 Å². The molecule has 53 valence electrons. The first-order valence-corrected chi connectivity index (χ1v) is 3.61. The van der Waals surface area contributed by atoms with Crippen LogP contribution in [-0.2, 0) is 6.42 Å². The molecule has 0 saturated heterocycles. The molecule has 1 nitrogen and oxygen atoms in total. The highest BCUT2D eigenvalue weighted by Gasteiger charge is 1.89. The maximum Gasteiger partial charge on any atom is 0.0403 e. The zero-order chi connectivity index (χ0) is 7.23. The molecule has 0 amide bonds. The van der Waals surface area contributed by atoms with Gasteiger partial charge >= 0.3 is 0 Å². The summed E-state index contributed by atoms with van der Waals surface area (Å²) in [6, 6.07) is 6.03. The topological polar surface area (TPSA) is 12.9 Å². The molecular weight excluding hydrogens is 122 g/mol. The van der Waals surface area contributed by atoms with E-state index in [0.717, 1.165) is 12.8 Å². The van der Waals surface area contributed by atoms with Crippen molar-refractivity contribution in [3.05, 3.63) is 36.5 Å². The fourth-order valence-corrected chi connectivity index (χ4v) is 0.838. The normalized spacial score (nSPS) is 9.70. The molecular formula is C9H12N. The maximum atomic E-state index is 4.20. The van der Waals surface area contributed by atoms with Gasteiger partial charge in [-0.1, -0.05) is 13.0 Å². The van der Waals surface area contributed by atoms with E-state index in [4.69, 9.17) is 0 Å². The first kappa shape index (κ1) is 7.26. The van der Waals surface area contributed by atoms with Crippen molar-refractivity contribution in [2.24, 2.45) is 0 Å². The minimum absolute atomic E-state index is 1.07. The van der Waals surface area contributed by atoms with E-state index >= 15 is 0 Å². The molecule has 0 aromatic carbocycles. The molecule has 1 radical (unpaired) electrons. The van der Waals surface area contributed by atoms with Crippen molar-refractivity contribution in [3.8, 4) is 0 Å². The van der Waals surface area contributed by atoms with Gasteiger partial charge in [-0.25, -0.2) is 0 Å². The van der Waals surface area contributed by atoms with Gasteiger partial charge in [0.15, 0.2) is 0 Å². The Kier molecular flexibility index (Phi) is 2.94. The lowest BCUT2D eigenvalue weighted by Crippen LogP contribution is -1.87. The molecule has 10 heavy (non-hydrogen) atoms. The summed E-state index contributed by atoms with van der Waals surface area (Å²) in [5.74, 6) is 0. The van der Waals surface area contributed by atoms with Crippen LogP contribution < -0.4 is 0 Å². The number of nitrogens with zero attached hydrogens (tertiary/aromatic N) is 1. The first-order valence-electron chi connectivity index (χ1n) is 3.61. The molecule has 0 spiro atoms. The largest absolute Gasteiger partial charge is 0.261 e. The van der Waals surface area contributed by atoms with E-state index in [1.807, 2.05) is 18.3 Å². The Labute approximate surface area is 62.1 Å². The van der Waals surface area contributed by atoms with Gasteiger partial charge in [0, 0.05) is 11.9 Å². The molecule has 0 unspecified atom stereocenters. The average Bonchev–Trinajstić information content (AvgIpc) is 2.03. The Morgan fingerprint density at radius 2 is 2.40 bits per heavy atom. The van der Waals surface area contributed by atoms with Gasteiger partial charge in [-0.2, -0.15) is 0 Å². The minimum atomic E-state index is 1.07. The average molecular weight is 134 g/mol. The van der Waals surface area contributed by atoms with Crippen molar-refractivity contribution < 1.29 is 0 Å². The highest BCUT2D eigenvalue weighted by Crippen LogP contribution is 1.98. The Balaban J connectivity index is 2.43. The van der Waals surface area contributed by atoms with Gasteiger partial charge in [0.2, 0.25) is 0 Å². The fraction of sp³-hybridized carbons (Fsp3) is 0.333. The predicted molar refractivity (Wildman–Crippen MR) is 42.5 cm³/mol. The quantitative estimate of drug-likeness (QED) is 0.617. The molecule has 0 saturated carbocycles. The van der Waals surface area contributed by atoms with Crippen LogP contribution in [0.15, 0.2) is 24.4 Å². The molecule has 0 aliphatic carbocycles. The highest BCUT2D eigenvalue weighted by molar-refractivity contribution is 5.03. The summed E-state index contributed by atoms with van der Waals surface area (Å²) in [6.45, 7) is 2.07. The monoisotopic (exact) mass is 134 g/mol. The van der Waals surface area contributed by atoms with Crippen molar-refractivity contribution in [1.82, 2.24) is 4.98 Å². The molecule has 0 aliphatic rings. The predicted octanol–water partition coefficient (Wildman–Crippen LogP) is 2.24. The van der Waals surface area contributed by atoms with Crippen molar-refractivity contribution in [3.63, 3.8) is 0 Å². The molecule has 1 rings (SSSR count). The smallest absolute Gasteiger partial charge is 0.0403 e. The molecule has 0 aliphatic heterocycles. The van der Waals surface area contributed by atoms with Gasteiger partial charge in [0.25, 0.3) is 0 Å². The van der Waals surface area contributed by atoms with E-state index in [-0.39, 0.29) is 0 Å². The van der Waals surface area contributed by atoms with Crippen LogP contribution in [0.5, 0.6) is 0 Å². The van der Waals surface area contributed by atoms with Gasteiger partial charge in [0.1, 0.15) is 0 Å². The summed E-state index contributed by atoms with van der Waals surface area (Å²) in [7, 11) is 0. The summed E-state index contributed by atoms with van der Waals surface area (Å²) >= 11 is 0. The third kappa shape index (κ3) is 2.18. The molecule has 0 fully saturated rings. The second kappa shape index (κ2) is 4.04. The summed E-state index contributed by atoms with van der Waals surface area (Å²) in [5.41, 5.74) is 1.18. The fourth-order valence-electron chi connectivity index (χ4n) is 0.838. The lowest BCUT2D eigenvalue weighted by atomic mass is 10.2. The van der Waals surface area contributed by atoms with E-state index in [1.54, 1.807) is 0 Å². The van der Waals surface area contributed by atoms with Crippen LogP contribution in [0.4, 0.5) is 0 Å². The van der Waals surface area contributed by atoms with Gasteiger partial charge in [-0.15, -0.1) is 0 Å². The SMILES string of the molecule is C[CH]CCc1ccccn1. The summed E-state index contributed by atoms with van der Waals surface area (Å²) in [5, 5.41) is 0. The van der Waals surface area contributed by atoms with Crippen LogP contribution in [-0.4, -0.2) is 4.98 Å². The molecule has 1 heteroatoms. The number of hydrogen-bond donors (Lipinski definition) is 0. The molecule has 1 aromatic heterocycles. The zero-order valence-electron chi connectivity index (χ0n) is 6.25. The van der Waals surface area contributed by atoms with Crippen molar-refractivity contribution in [1.29, 1.82) is 0 Å². The number of aromatic nitrogens is 1. The second-order valence-electron chi connectivity index (χ2n) is 2.27.